The highest BCUT2D eigenvalue weighted by molar-refractivity contribution is 7.99. The van der Waals surface area contributed by atoms with Gasteiger partial charge in [-0.1, -0.05) is 6.92 Å². The van der Waals surface area contributed by atoms with E-state index in [1.807, 2.05) is 0 Å². The zero-order valence-corrected chi connectivity index (χ0v) is 10.8. The summed E-state index contributed by atoms with van der Waals surface area (Å²) in [7, 11) is 4.42. The zero-order valence-electron chi connectivity index (χ0n) is 9.97. The average Bonchev–Trinajstić information content (AvgIpc) is 2.64. The molecule has 1 aliphatic rings. The molecular weight excluding hydrogens is 192 g/mol. The molecule has 0 aromatic heterocycles. The van der Waals surface area contributed by atoms with E-state index in [2.05, 4.69) is 49.9 Å². The molecule has 2 nitrogen and oxygen atoms in total. The molecule has 84 valence electrons. The van der Waals surface area contributed by atoms with Crippen LogP contribution in [0, 0.1) is 0 Å². The number of rotatable bonds is 5. The van der Waals surface area contributed by atoms with Crippen molar-refractivity contribution in [1.29, 1.82) is 0 Å². The molecule has 1 rings (SSSR count). The third kappa shape index (κ3) is 2.88. The Balaban J connectivity index is 2.44. The Bertz CT molecular complexity index is 165. The van der Waals surface area contributed by atoms with Gasteiger partial charge in [-0.3, -0.25) is 0 Å². The van der Waals surface area contributed by atoms with Gasteiger partial charge in [0.25, 0.3) is 0 Å². The van der Waals surface area contributed by atoms with E-state index in [9.17, 15) is 0 Å². The third-order valence-corrected chi connectivity index (χ3v) is 4.66. The summed E-state index contributed by atoms with van der Waals surface area (Å²) in [5.41, 5.74) is 0.411. The smallest absolute Gasteiger partial charge is 0.0425 e. The van der Waals surface area contributed by atoms with Crippen molar-refractivity contribution < 1.29 is 0 Å². The number of thioether (sulfide) groups is 1. The van der Waals surface area contributed by atoms with Crippen molar-refractivity contribution in [1.82, 2.24) is 10.2 Å². The van der Waals surface area contributed by atoms with Crippen molar-refractivity contribution in [2.75, 3.05) is 32.1 Å². The second-order valence-corrected chi connectivity index (χ2v) is 5.72. The minimum absolute atomic E-state index is 0.411. The summed E-state index contributed by atoms with van der Waals surface area (Å²) in [6.07, 6.45) is 2.55. The maximum absolute atomic E-state index is 3.64. The Hall–Kier alpha value is 0.270. The van der Waals surface area contributed by atoms with Crippen LogP contribution in [0.15, 0.2) is 0 Å². The number of hydrogen-bond acceptors (Lipinski definition) is 3. The van der Waals surface area contributed by atoms with Crippen LogP contribution >= 0.6 is 11.8 Å². The molecule has 0 aromatic rings. The predicted molar refractivity (Wildman–Crippen MR) is 66.1 cm³/mol. The summed E-state index contributed by atoms with van der Waals surface area (Å²) in [6, 6.07) is 0.650. The van der Waals surface area contributed by atoms with E-state index in [4.69, 9.17) is 0 Å². The first-order valence-corrected chi connectivity index (χ1v) is 6.75. The van der Waals surface area contributed by atoms with Gasteiger partial charge in [0.05, 0.1) is 0 Å². The highest BCUT2D eigenvalue weighted by atomic mass is 32.2. The van der Waals surface area contributed by atoms with Gasteiger partial charge < -0.3 is 10.2 Å². The molecule has 0 aliphatic carbocycles. The molecule has 2 atom stereocenters. The Labute approximate surface area is 92.8 Å². The number of hydrogen-bond donors (Lipinski definition) is 1. The Kier molecular flexibility index (Phi) is 4.74. The SMILES string of the molecule is CCC(C)NCC1(N(C)C)CCSC1. The van der Waals surface area contributed by atoms with Crippen LogP contribution in [0.5, 0.6) is 0 Å². The normalized spacial score (nSPS) is 29.8. The summed E-state index contributed by atoms with van der Waals surface area (Å²) in [6.45, 7) is 5.65. The fourth-order valence-corrected chi connectivity index (χ4v) is 3.31. The van der Waals surface area contributed by atoms with Gasteiger partial charge in [0.1, 0.15) is 0 Å². The number of nitrogens with zero attached hydrogens (tertiary/aromatic N) is 1. The van der Waals surface area contributed by atoms with Crippen molar-refractivity contribution in [3.8, 4) is 0 Å². The highest BCUT2D eigenvalue weighted by Crippen LogP contribution is 2.31. The topological polar surface area (TPSA) is 15.3 Å². The fraction of sp³-hybridized carbons (Fsp3) is 1.00. The van der Waals surface area contributed by atoms with Crippen molar-refractivity contribution in [2.45, 2.75) is 38.3 Å². The first-order valence-electron chi connectivity index (χ1n) is 5.59. The first kappa shape index (κ1) is 12.3. The molecule has 0 bridgehead atoms. The molecular formula is C11H24N2S. The third-order valence-electron chi connectivity index (χ3n) is 3.42. The van der Waals surface area contributed by atoms with Crippen LogP contribution in [0.1, 0.15) is 26.7 Å². The van der Waals surface area contributed by atoms with Gasteiger partial charge in [0.15, 0.2) is 0 Å². The minimum atomic E-state index is 0.411. The van der Waals surface area contributed by atoms with Gasteiger partial charge >= 0.3 is 0 Å². The van der Waals surface area contributed by atoms with Gasteiger partial charge in [-0.2, -0.15) is 11.8 Å². The number of likely N-dealkylation sites (N-methyl/N-ethyl adjacent to an activating group) is 1. The Morgan fingerprint density at radius 3 is 2.64 bits per heavy atom. The van der Waals surface area contributed by atoms with Gasteiger partial charge in [-0.15, -0.1) is 0 Å². The van der Waals surface area contributed by atoms with Gasteiger partial charge in [0, 0.05) is 23.9 Å². The zero-order chi connectivity index (χ0) is 10.6. The maximum atomic E-state index is 3.64. The molecule has 1 N–H and O–H groups in total. The minimum Gasteiger partial charge on any atom is -0.312 e. The van der Waals surface area contributed by atoms with Gasteiger partial charge in [0.2, 0.25) is 0 Å². The number of nitrogens with one attached hydrogen (secondary N) is 1. The standard InChI is InChI=1S/C11H24N2S/c1-5-10(2)12-8-11(13(3)4)6-7-14-9-11/h10,12H,5-9H2,1-4H3. The molecule has 1 saturated heterocycles. The summed E-state index contributed by atoms with van der Waals surface area (Å²) in [4.78, 5) is 2.41. The largest absolute Gasteiger partial charge is 0.312 e. The quantitative estimate of drug-likeness (QED) is 0.754. The average molecular weight is 216 g/mol. The molecule has 14 heavy (non-hydrogen) atoms. The first-order chi connectivity index (χ1) is 6.60. The molecule has 0 amide bonds. The van der Waals surface area contributed by atoms with Crippen molar-refractivity contribution in [3.63, 3.8) is 0 Å². The summed E-state index contributed by atoms with van der Waals surface area (Å²) >= 11 is 2.09. The van der Waals surface area contributed by atoms with Crippen LogP contribution in [-0.4, -0.2) is 48.6 Å². The molecule has 0 aromatic carbocycles. The predicted octanol–water partition coefficient (Wildman–Crippen LogP) is 1.81. The second kappa shape index (κ2) is 5.38. The fourth-order valence-electron chi connectivity index (χ4n) is 1.76. The van der Waals surface area contributed by atoms with Gasteiger partial charge in [-0.05, 0) is 39.6 Å². The van der Waals surface area contributed by atoms with Crippen LogP contribution in [0.3, 0.4) is 0 Å². The Morgan fingerprint density at radius 2 is 2.21 bits per heavy atom. The van der Waals surface area contributed by atoms with Crippen LogP contribution < -0.4 is 5.32 Å². The maximum Gasteiger partial charge on any atom is 0.0425 e. The molecule has 0 saturated carbocycles. The highest BCUT2D eigenvalue weighted by Gasteiger charge is 2.36. The van der Waals surface area contributed by atoms with E-state index in [1.54, 1.807) is 0 Å². The lowest BCUT2D eigenvalue weighted by Crippen LogP contribution is -2.53. The monoisotopic (exact) mass is 216 g/mol. The molecule has 1 fully saturated rings. The Morgan fingerprint density at radius 1 is 1.50 bits per heavy atom. The van der Waals surface area contributed by atoms with E-state index < -0.39 is 0 Å². The van der Waals surface area contributed by atoms with Crippen molar-refractivity contribution >= 4 is 11.8 Å². The van der Waals surface area contributed by atoms with Gasteiger partial charge in [-0.25, -0.2) is 0 Å². The lowest BCUT2D eigenvalue weighted by atomic mass is 9.97. The van der Waals surface area contributed by atoms with E-state index >= 15 is 0 Å². The van der Waals surface area contributed by atoms with Crippen LogP contribution in [0.2, 0.25) is 0 Å². The van der Waals surface area contributed by atoms with E-state index in [0.717, 1.165) is 6.54 Å². The van der Waals surface area contributed by atoms with Crippen LogP contribution in [-0.2, 0) is 0 Å². The molecule has 1 aliphatic heterocycles. The van der Waals surface area contributed by atoms with Crippen molar-refractivity contribution in [3.05, 3.63) is 0 Å². The van der Waals surface area contributed by atoms with Crippen LogP contribution in [0.25, 0.3) is 0 Å². The second-order valence-electron chi connectivity index (χ2n) is 4.61. The molecule has 1 heterocycles. The molecule has 3 heteroatoms. The lowest BCUT2D eigenvalue weighted by molar-refractivity contribution is 0.171. The van der Waals surface area contributed by atoms with Crippen molar-refractivity contribution in [2.24, 2.45) is 0 Å². The molecule has 2 unspecified atom stereocenters. The molecule has 0 spiro atoms. The summed E-state index contributed by atoms with van der Waals surface area (Å²) in [5, 5.41) is 3.64. The van der Waals surface area contributed by atoms with E-state index in [-0.39, 0.29) is 0 Å². The summed E-state index contributed by atoms with van der Waals surface area (Å²) in [5.74, 6) is 2.60. The summed E-state index contributed by atoms with van der Waals surface area (Å²) < 4.78 is 0. The lowest BCUT2D eigenvalue weighted by Gasteiger charge is -2.36. The van der Waals surface area contributed by atoms with E-state index in [0.29, 0.717) is 11.6 Å². The van der Waals surface area contributed by atoms with Crippen LogP contribution in [0.4, 0.5) is 0 Å². The van der Waals surface area contributed by atoms with E-state index in [1.165, 1.54) is 24.3 Å². The molecule has 0 radical (unpaired) electrons.